The number of nitrogens with one attached hydrogen (secondary N) is 1. The van der Waals surface area contributed by atoms with Crippen molar-refractivity contribution in [1.29, 1.82) is 0 Å². The van der Waals surface area contributed by atoms with Crippen LogP contribution in [0.2, 0.25) is 0 Å². The molecular weight excluding hydrogens is 265 g/mol. The van der Waals surface area contributed by atoms with Gasteiger partial charge in [0.05, 0.1) is 5.56 Å². The third kappa shape index (κ3) is 5.61. The number of carboxylic acid groups (broad SMARTS) is 1. The van der Waals surface area contributed by atoms with E-state index in [2.05, 4.69) is 19.2 Å². The molecule has 1 unspecified atom stereocenters. The van der Waals surface area contributed by atoms with Gasteiger partial charge in [0.1, 0.15) is 5.82 Å². The Bertz CT molecular complexity index is 426. The van der Waals surface area contributed by atoms with E-state index in [4.69, 9.17) is 5.11 Å². The molecule has 0 aromatic heterocycles. The molecular formula is C14H20FNO2S. The summed E-state index contributed by atoms with van der Waals surface area (Å²) in [5.74, 6) is 0.769. The largest absolute Gasteiger partial charge is 0.478 e. The minimum Gasteiger partial charge on any atom is -0.478 e. The monoisotopic (exact) mass is 285 g/mol. The van der Waals surface area contributed by atoms with Crippen molar-refractivity contribution in [3.8, 4) is 0 Å². The molecule has 0 saturated heterocycles. The highest BCUT2D eigenvalue weighted by Gasteiger charge is 2.09. The maximum Gasteiger partial charge on any atom is 0.335 e. The van der Waals surface area contributed by atoms with Crippen LogP contribution in [0.4, 0.5) is 4.39 Å². The number of aromatic carboxylic acids is 1. The molecule has 0 saturated carbocycles. The van der Waals surface area contributed by atoms with Crippen molar-refractivity contribution in [1.82, 2.24) is 5.32 Å². The summed E-state index contributed by atoms with van der Waals surface area (Å²) in [4.78, 5) is 10.8. The number of halogens is 1. The van der Waals surface area contributed by atoms with E-state index in [9.17, 15) is 9.18 Å². The Morgan fingerprint density at radius 3 is 2.89 bits per heavy atom. The lowest BCUT2D eigenvalue weighted by Gasteiger charge is -2.14. The Hall–Kier alpha value is -1.07. The third-order valence-electron chi connectivity index (χ3n) is 2.83. The second-order valence-corrected chi connectivity index (χ2v) is 5.77. The van der Waals surface area contributed by atoms with Gasteiger partial charge in [-0.1, -0.05) is 6.92 Å². The van der Waals surface area contributed by atoms with Gasteiger partial charge < -0.3 is 10.4 Å². The van der Waals surface area contributed by atoms with E-state index in [0.717, 1.165) is 17.9 Å². The Kier molecular flexibility index (Phi) is 6.87. The van der Waals surface area contributed by atoms with E-state index in [1.165, 1.54) is 18.2 Å². The summed E-state index contributed by atoms with van der Waals surface area (Å²) in [7, 11) is 0. The number of hydrogen-bond acceptors (Lipinski definition) is 3. The van der Waals surface area contributed by atoms with Crippen LogP contribution in [0.3, 0.4) is 0 Å². The van der Waals surface area contributed by atoms with Crippen molar-refractivity contribution in [3.63, 3.8) is 0 Å². The smallest absolute Gasteiger partial charge is 0.335 e. The SMILES string of the molecule is CCSCCC(C)NCc1cc(C(=O)O)ccc1F. The van der Waals surface area contributed by atoms with Crippen LogP contribution in [0.5, 0.6) is 0 Å². The van der Waals surface area contributed by atoms with Gasteiger partial charge in [-0.15, -0.1) is 0 Å². The second-order valence-electron chi connectivity index (χ2n) is 4.38. The summed E-state index contributed by atoms with van der Waals surface area (Å²) >= 11 is 1.88. The van der Waals surface area contributed by atoms with Gasteiger partial charge in [0.2, 0.25) is 0 Å². The standard InChI is InChI=1S/C14H20FNO2S/c1-3-19-7-6-10(2)16-9-12-8-11(14(17)18)4-5-13(12)15/h4-5,8,10,16H,3,6-7,9H2,1-2H3,(H,17,18). The molecule has 0 fully saturated rings. The maximum atomic E-state index is 13.6. The Balaban J connectivity index is 2.52. The maximum absolute atomic E-state index is 13.6. The lowest BCUT2D eigenvalue weighted by atomic mass is 10.1. The van der Waals surface area contributed by atoms with Crippen LogP contribution in [0.25, 0.3) is 0 Å². The molecule has 106 valence electrons. The molecule has 0 amide bonds. The van der Waals surface area contributed by atoms with Crippen LogP contribution in [0, 0.1) is 5.82 Å². The molecule has 0 aliphatic rings. The van der Waals surface area contributed by atoms with Crippen LogP contribution in [0.15, 0.2) is 18.2 Å². The first-order chi connectivity index (χ1) is 9.04. The fourth-order valence-corrected chi connectivity index (χ4v) is 2.44. The first kappa shape index (κ1) is 16.0. The van der Waals surface area contributed by atoms with Crippen molar-refractivity contribution in [2.45, 2.75) is 32.9 Å². The van der Waals surface area contributed by atoms with Crippen molar-refractivity contribution in [3.05, 3.63) is 35.1 Å². The average Bonchev–Trinajstić information content (AvgIpc) is 2.37. The first-order valence-electron chi connectivity index (χ1n) is 6.37. The van der Waals surface area contributed by atoms with Gasteiger partial charge >= 0.3 is 5.97 Å². The van der Waals surface area contributed by atoms with E-state index >= 15 is 0 Å². The van der Waals surface area contributed by atoms with Gasteiger partial charge in [0.15, 0.2) is 0 Å². The Morgan fingerprint density at radius 1 is 1.53 bits per heavy atom. The van der Waals surface area contributed by atoms with E-state index in [1.54, 1.807) is 0 Å². The highest BCUT2D eigenvalue weighted by Crippen LogP contribution is 2.11. The predicted octanol–water partition coefficient (Wildman–Crippen LogP) is 3.15. The van der Waals surface area contributed by atoms with Crippen LogP contribution in [-0.4, -0.2) is 28.6 Å². The molecule has 0 heterocycles. The number of rotatable bonds is 8. The van der Waals surface area contributed by atoms with Crippen LogP contribution in [-0.2, 0) is 6.54 Å². The number of benzene rings is 1. The topological polar surface area (TPSA) is 49.3 Å². The molecule has 0 aliphatic carbocycles. The summed E-state index contributed by atoms with van der Waals surface area (Å²) < 4.78 is 13.6. The highest BCUT2D eigenvalue weighted by atomic mass is 32.2. The molecule has 3 nitrogen and oxygen atoms in total. The summed E-state index contributed by atoms with van der Waals surface area (Å²) in [5, 5.41) is 12.1. The summed E-state index contributed by atoms with van der Waals surface area (Å²) in [5.41, 5.74) is 0.516. The van der Waals surface area contributed by atoms with Crippen molar-refractivity contribution < 1.29 is 14.3 Å². The van der Waals surface area contributed by atoms with Crippen LogP contribution >= 0.6 is 11.8 Å². The molecule has 0 radical (unpaired) electrons. The molecule has 1 rings (SSSR count). The van der Waals surface area contributed by atoms with E-state index in [1.807, 2.05) is 11.8 Å². The molecule has 0 aliphatic heterocycles. The number of carboxylic acids is 1. The number of hydrogen-bond donors (Lipinski definition) is 2. The van der Waals surface area contributed by atoms with Gasteiger partial charge in [-0.3, -0.25) is 0 Å². The summed E-state index contributed by atoms with van der Waals surface area (Å²) in [6.07, 6.45) is 1.01. The zero-order valence-electron chi connectivity index (χ0n) is 11.3. The van der Waals surface area contributed by atoms with Gasteiger partial charge in [0.25, 0.3) is 0 Å². The zero-order chi connectivity index (χ0) is 14.3. The van der Waals surface area contributed by atoms with Crippen molar-refractivity contribution >= 4 is 17.7 Å². The van der Waals surface area contributed by atoms with Gasteiger partial charge in [-0.05, 0) is 43.0 Å². The van der Waals surface area contributed by atoms with Crippen LogP contribution < -0.4 is 5.32 Å². The van der Waals surface area contributed by atoms with E-state index in [0.29, 0.717) is 12.1 Å². The van der Waals surface area contributed by atoms with Crippen molar-refractivity contribution in [2.24, 2.45) is 0 Å². The van der Waals surface area contributed by atoms with E-state index in [-0.39, 0.29) is 17.4 Å². The molecule has 0 bridgehead atoms. The zero-order valence-corrected chi connectivity index (χ0v) is 12.1. The molecule has 0 spiro atoms. The molecule has 2 N–H and O–H groups in total. The molecule has 1 aromatic rings. The van der Waals surface area contributed by atoms with Crippen molar-refractivity contribution in [2.75, 3.05) is 11.5 Å². The fraction of sp³-hybridized carbons (Fsp3) is 0.500. The molecule has 19 heavy (non-hydrogen) atoms. The van der Waals surface area contributed by atoms with Gasteiger partial charge in [-0.2, -0.15) is 11.8 Å². The number of thioether (sulfide) groups is 1. The summed E-state index contributed by atoms with van der Waals surface area (Å²) in [6, 6.07) is 4.16. The second kappa shape index (κ2) is 8.17. The molecule has 1 atom stereocenters. The Labute approximate surface area is 117 Å². The van der Waals surface area contributed by atoms with Gasteiger partial charge in [-0.25, -0.2) is 9.18 Å². The predicted molar refractivity (Wildman–Crippen MR) is 77.3 cm³/mol. The molecule has 1 aromatic carbocycles. The van der Waals surface area contributed by atoms with Gasteiger partial charge in [0, 0.05) is 18.2 Å². The quantitative estimate of drug-likeness (QED) is 0.720. The van der Waals surface area contributed by atoms with E-state index < -0.39 is 5.97 Å². The average molecular weight is 285 g/mol. The lowest BCUT2D eigenvalue weighted by Crippen LogP contribution is -2.26. The highest BCUT2D eigenvalue weighted by molar-refractivity contribution is 7.99. The summed E-state index contributed by atoms with van der Waals surface area (Å²) in [6.45, 7) is 4.52. The first-order valence-corrected chi connectivity index (χ1v) is 7.53. The van der Waals surface area contributed by atoms with Crippen LogP contribution in [0.1, 0.15) is 36.2 Å². The minimum atomic E-state index is -1.03. The fourth-order valence-electron chi connectivity index (χ4n) is 1.63. The molecule has 5 heteroatoms. The minimum absolute atomic E-state index is 0.118. The normalized spacial score (nSPS) is 12.4. The number of carbonyl (C=O) groups is 1. The Morgan fingerprint density at radius 2 is 2.26 bits per heavy atom. The lowest BCUT2D eigenvalue weighted by molar-refractivity contribution is 0.0696. The third-order valence-corrected chi connectivity index (χ3v) is 3.77.